The maximum absolute atomic E-state index is 13.3. The fourth-order valence-corrected chi connectivity index (χ4v) is 4.25. The third-order valence-corrected chi connectivity index (χ3v) is 6.10. The number of esters is 1. The van der Waals surface area contributed by atoms with Crippen LogP contribution >= 0.6 is 0 Å². The monoisotopic (exact) mass is 471 g/mol. The zero-order chi connectivity index (χ0) is 25.4. The lowest BCUT2D eigenvalue weighted by atomic mass is 10.1. The normalized spacial score (nSPS) is 14.9. The Kier molecular flexibility index (Phi) is 6.13. The molecule has 8 nitrogen and oxygen atoms in total. The minimum absolute atomic E-state index is 0.145. The summed E-state index contributed by atoms with van der Waals surface area (Å²) >= 11 is 0. The molecule has 8 heteroatoms. The van der Waals surface area contributed by atoms with Crippen LogP contribution in [0.1, 0.15) is 38.4 Å². The number of hydrogen-bond donors (Lipinski definition) is 1. The second-order valence-electron chi connectivity index (χ2n) is 8.40. The number of benzene rings is 2. The Morgan fingerprint density at radius 1 is 0.914 bits per heavy atom. The van der Waals surface area contributed by atoms with Crippen molar-refractivity contribution in [2.45, 2.75) is 27.7 Å². The number of rotatable bonds is 4. The maximum atomic E-state index is 13.3. The lowest BCUT2D eigenvalue weighted by Gasteiger charge is -2.27. The molecule has 1 aliphatic rings. The maximum Gasteiger partial charge on any atom is 0.337 e. The van der Waals surface area contributed by atoms with E-state index in [1.54, 1.807) is 43.3 Å². The number of aromatic nitrogens is 1. The Morgan fingerprint density at radius 2 is 1.60 bits per heavy atom. The predicted molar refractivity (Wildman–Crippen MR) is 132 cm³/mol. The molecule has 1 saturated heterocycles. The van der Waals surface area contributed by atoms with Gasteiger partial charge in [-0.1, -0.05) is 24.3 Å². The molecule has 1 aliphatic heterocycles. The molecule has 0 spiro atoms. The minimum atomic E-state index is -0.785. The van der Waals surface area contributed by atoms with Crippen LogP contribution in [-0.2, 0) is 14.3 Å². The number of barbiturate groups is 1. The Labute approximate surface area is 202 Å². The highest BCUT2D eigenvalue weighted by Gasteiger charge is 2.37. The van der Waals surface area contributed by atoms with E-state index in [-0.39, 0.29) is 5.57 Å². The smallest absolute Gasteiger partial charge is 0.337 e. The first-order valence-corrected chi connectivity index (χ1v) is 11.0. The average Bonchev–Trinajstić information content (AvgIpc) is 3.10. The van der Waals surface area contributed by atoms with Gasteiger partial charge in [0.25, 0.3) is 11.8 Å². The number of anilines is 1. The fraction of sp³-hybridized carbons (Fsp3) is 0.185. The third kappa shape index (κ3) is 4.14. The van der Waals surface area contributed by atoms with Crippen LogP contribution in [0.5, 0.6) is 0 Å². The summed E-state index contributed by atoms with van der Waals surface area (Å²) in [7, 11) is 1.33. The van der Waals surface area contributed by atoms with Gasteiger partial charge < -0.3 is 9.30 Å². The number of nitrogens with zero attached hydrogens (tertiary/aromatic N) is 2. The number of carbonyl (C=O) groups is 4. The van der Waals surface area contributed by atoms with E-state index >= 15 is 0 Å². The van der Waals surface area contributed by atoms with E-state index in [9.17, 15) is 19.2 Å². The van der Waals surface area contributed by atoms with E-state index in [1.807, 2.05) is 37.5 Å². The van der Waals surface area contributed by atoms with Gasteiger partial charge in [0.2, 0.25) is 0 Å². The molecule has 0 atom stereocenters. The summed E-state index contributed by atoms with van der Waals surface area (Å²) in [5, 5.41) is 2.26. The summed E-state index contributed by atoms with van der Waals surface area (Å²) in [6.07, 6.45) is 1.49. The van der Waals surface area contributed by atoms with Gasteiger partial charge in [0.1, 0.15) is 5.57 Å². The van der Waals surface area contributed by atoms with Crippen molar-refractivity contribution in [2.24, 2.45) is 0 Å². The van der Waals surface area contributed by atoms with Gasteiger partial charge in [0.15, 0.2) is 0 Å². The van der Waals surface area contributed by atoms with Crippen molar-refractivity contribution in [3.63, 3.8) is 0 Å². The highest BCUT2D eigenvalue weighted by molar-refractivity contribution is 6.39. The van der Waals surface area contributed by atoms with Crippen LogP contribution in [0.3, 0.4) is 0 Å². The van der Waals surface area contributed by atoms with Gasteiger partial charge >= 0.3 is 12.0 Å². The van der Waals surface area contributed by atoms with Crippen molar-refractivity contribution in [3.8, 4) is 5.69 Å². The highest BCUT2D eigenvalue weighted by atomic mass is 16.5. The van der Waals surface area contributed by atoms with Crippen molar-refractivity contribution >= 4 is 35.6 Å². The van der Waals surface area contributed by atoms with E-state index in [4.69, 9.17) is 4.74 Å². The summed E-state index contributed by atoms with van der Waals surface area (Å²) in [5.41, 5.74) is 5.36. The van der Waals surface area contributed by atoms with Crippen molar-refractivity contribution in [1.29, 1.82) is 0 Å². The van der Waals surface area contributed by atoms with Crippen molar-refractivity contribution in [1.82, 2.24) is 9.88 Å². The second kappa shape index (κ2) is 9.06. The number of imide groups is 2. The van der Waals surface area contributed by atoms with Gasteiger partial charge in [0.05, 0.1) is 18.4 Å². The summed E-state index contributed by atoms with van der Waals surface area (Å²) in [6.45, 7) is 7.47. The van der Waals surface area contributed by atoms with E-state index in [2.05, 4.69) is 5.32 Å². The molecule has 0 saturated carbocycles. The van der Waals surface area contributed by atoms with Gasteiger partial charge in [-0.05, 0) is 74.7 Å². The Bertz CT molecular complexity index is 1430. The van der Waals surface area contributed by atoms with Crippen LogP contribution in [0, 0.1) is 27.7 Å². The number of hydrogen-bond acceptors (Lipinski definition) is 5. The molecule has 4 amide bonds. The summed E-state index contributed by atoms with van der Waals surface area (Å²) in [4.78, 5) is 51.5. The average molecular weight is 472 g/mol. The first kappa shape index (κ1) is 23.7. The number of urea groups is 1. The van der Waals surface area contributed by atoms with Crippen LogP contribution in [0.4, 0.5) is 10.5 Å². The molecule has 0 unspecified atom stereocenters. The van der Waals surface area contributed by atoms with Crippen molar-refractivity contribution in [2.75, 3.05) is 12.0 Å². The molecular formula is C27H25N3O5. The number of amides is 4. The summed E-state index contributed by atoms with van der Waals surface area (Å²) in [5.74, 6) is -1.89. The van der Waals surface area contributed by atoms with E-state index < -0.39 is 23.8 Å². The summed E-state index contributed by atoms with van der Waals surface area (Å²) in [6, 6.07) is 13.3. The molecule has 2 heterocycles. The number of aryl methyl sites for hydroxylation is 3. The largest absolute Gasteiger partial charge is 0.465 e. The molecule has 4 rings (SSSR count). The number of methoxy groups -OCH3 is 1. The SMILES string of the molecule is COC(=O)c1ccc(C)c(-n2c(C)cc(/C=C3\C(=O)NC(=O)N(c4ccccc4C)C3=O)c2C)c1. The topological polar surface area (TPSA) is 97.7 Å². The van der Waals surface area contributed by atoms with E-state index in [0.717, 1.165) is 33.1 Å². The van der Waals surface area contributed by atoms with Gasteiger partial charge in [-0.25, -0.2) is 14.5 Å². The molecule has 35 heavy (non-hydrogen) atoms. The Morgan fingerprint density at radius 3 is 2.29 bits per heavy atom. The number of ether oxygens (including phenoxy) is 1. The van der Waals surface area contributed by atoms with Crippen LogP contribution < -0.4 is 10.2 Å². The highest BCUT2D eigenvalue weighted by Crippen LogP contribution is 2.28. The Hall–Kier alpha value is -4.46. The van der Waals surface area contributed by atoms with Gasteiger partial charge in [-0.15, -0.1) is 0 Å². The van der Waals surface area contributed by atoms with E-state index in [1.165, 1.54) is 13.2 Å². The van der Waals surface area contributed by atoms with Crippen LogP contribution in [0.25, 0.3) is 11.8 Å². The predicted octanol–water partition coefficient (Wildman–Crippen LogP) is 4.16. The number of carbonyl (C=O) groups excluding carboxylic acids is 4. The third-order valence-electron chi connectivity index (χ3n) is 6.10. The first-order chi connectivity index (χ1) is 16.6. The van der Waals surface area contributed by atoms with Crippen LogP contribution in [-0.4, -0.2) is 35.5 Å². The fourth-order valence-electron chi connectivity index (χ4n) is 4.25. The number of para-hydroxylation sites is 1. The standard InChI is InChI=1S/C27H25N3O5/c1-15-8-6-7-9-22(15)30-25(32)21(24(31)28-27(30)34)13-20-12-17(3)29(18(20)4)23-14-19(26(33)35-5)11-10-16(23)2/h6-14H,1-5H3,(H,28,31,34)/b21-13+. The zero-order valence-electron chi connectivity index (χ0n) is 20.1. The molecule has 1 aromatic heterocycles. The molecule has 0 bridgehead atoms. The molecule has 3 aromatic rings. The van der Waals surface area contributed by atoms with Gasteiger partial charge in [-0.3, -0.25) is 14.9 Å². The molecule has 178 valence electrons. The number of nitrogens with one attached hydrogen (secondary N) is 1. The first-order valence-electron chi connectivity index (χ1n) is 11.0. The summed E-state index contributed by atoms with van der Waals surface area (Å²) < 4.78 is 6.80. The van der Waals surface area contributed by atoms with E-state index in [0.29, 0.717) is 16.8 Å². The molecular weight excluding hydrogens is 446 g/mol. The van der Waals surface area contributed by atoms with Crippen molar-refractivity contribution in [3.05, 3.63) is 87.7 Å². The molecule has 0 aliphatic carbocycles. The van der Waals surface area contributed by atoms with Crippen LogP contribution in [0.2, 0.25) is 0 Å². The Balaban J connectivity index is 1.80. The molecule has 1 N–H and O–H groups in total. The van der Waals surface area contributed by atoms with Crippen LogP contribution in [0.15, 0.2) is 54.1 Å². The molecule has 2 aromatic carbocycles. The lowest BCUT2D eigenvalue weighted by molar-refractivity contribution is -0.122. The van der Waals surface area contributed by atoms with Gasteiger partial charge in [-0.2, -0.15) is 0 Å². The molecule has 1 fully saturated rings. The van der Waals surface area contributed by atoms with Gasteiger partial charge in [0, 0.05) is 17.1 Å². The zero-order valence-corrected chi connectivity index (χ0v) is 20.1. The molecule has 0 radical (unpaired) electrons. The quantitative estimate of drug-likeness (QED) is 0.350. The second-order valence-corrected chi connectivity index (χ2v) is 8.40. The minimum Gasteiger partial charge on any atom is -0.465 e. The van der Waals surface area contributed by atoms with Crippen molar-refractivity contribution < 1.29 is 23.9 Å². The lowest BCUT2D eigenvalue weighted by Crippen LogP contribution is -2.54.